The van der Waals surface area contributed by atoms with Crippen LogP contribution in [0.1, 0.15) is 78.3 Å². The minimum absolute atomic E-state index is 0.0430. The summed E-state index contributed by atoms with van der Waals surface area (Å²) in [7, 11) is 0. The van der Waals surface area contributed by atoms with Gasteiger partial charge in [-0.2, -0.15) is 0 Å². The Bertz CT molecular complexity index is 959. The Morgan fingerprint density at radius 2 is 1.73 bits per heavy atom. The first-order valence-electron chi connectivity index (χ1n) is 13.5. The first-order valence-corrected chi connectivity index (χ1v) is 13.5. The molecule has 1 aromatic rings. The number of benzene rings is 1. The Kier molecular flexibility index (Phi) is 9.70. The van der Waals surface area contributed by atoms with Gasteiger partial charge in [-0.3, -0.25) is 19.2 Å². The van der Waals surface area contributed by atoms with E-state index in [1.54, 1.807) is 18.7 Å². The van der Waals surface area contributed by atoms with Gasteiger partial charge >= 0.3 is 0 Å². The molecule has 0 radical (unpaired) electrons. The Morgan fingerprint density at radius 1 is 1.03 bits per heavy atom. The van der Waals surface area contributed by atoms with Crippen molar-refractivity contribution in [2.75, 3.05) is 13.1 Å². The summed E-state index contributed by atoms with van der Waals surface area (Å²) in [5, 5.41) is 11.9. The molecule has 3 rings (SSSR count). The molecular formula is C28H43N5O4. The maximum Gasteiger partial charge on any atom is 0.245 e. The molecule has 4 N–H and O–H groups in total. The van der Waals surface area contributed by atoms with Gasteiger partial charge in [0.1, 0.15) is 17.6 Å². The molecule has 4 atom stereocenters. The Balaban J connectivity index is 1.62. The van der Waals surface area contributed by atoms with Crippen LogP contribution in [-0.2, 0) is 19.2 Å². The molecule has 0 aromatic heterocycles. The number of hydrogen-bond acceptors (Lipinski definition) is 5. The molecule has 0 unspecified atom stereocenters. The Labute approximate surface area is 220 Å². The van der Waals surface area contributed by atoms with E-state index in [1.165, 1.54) is 0 Å². The third kappa shape index (κ3) is 7.53. The number of hydrogen-bond donors (Lipinski definition) is 4. The Morgan fingerprint density at radius 3 is 2.35 bits per heavy atom. The first-order chi connectivity index (χ1) is 17.5. The van der Waals surface area contributed by atoms with Crippen molar-refractivity contribution in [1.29, 1.82) is 0 Å². The third-order valence-electron chi connectivity index (χ3n) is 7.19. The van der Waals surface area contributed by atoms with E-state index in [0.717, 1.165) is 31.4 Å². The molecule has 2 saturated heterocycles. The van der Waals surface area contributed by atoms with Crippen molar-refractivity contribution in [2.45, 2.75) is 96.4 Å². The zero-order valence-corrected chi connectivity index (χ0v) is 22.8. The molecule has 204 valence electrons. The van der Waals surface area contributed by atoms with Crippen LogP contribution in [0.25, 0.3) is 0 Å². The summed E-state index contributed by atoms with van der Waals surface area (Å²) in [5.41, 5.74) is -0.290. The molecule has 37 heavy (non-hydrogen) atoms. The molecule has 2 aliphatic rings. The molecule has 0 aliphatic carbocycles. The van der Waals surface area contributed by atoms with Crippen LogP contribution in [-0.4, -0.2) is 65.3 Å². The lowest BCUT2D eigenvalue weighted by atomic mass is 9.98. The van der Waals surface area contributed by atoms with E-state index in [0.29, 0.717) is 19.4 Å². The molecule has 0 spiro atoms. The predicted octanol–water partition coefficient (Wildman–Crippen LogP) is 2.03. The van der Waals surface area contributed by atoms with Gasteiger partial charge in [0.25, 0.3) is 0 Å². The smallest absolute Gasteiger partial charge is 0.245 e. The van der Waals surface area contributed by atoms with E-state index in [1.807, 2.05) is 51.1 Å². The minimum Gasteiger partial charge on any atom is -0.348 e. The molecule has 9 nitrogen and oxygen atoms in total. The van der Waals surface area contributed by atoms with E-state index in [-0.39, 0.29) is 35.7 Å². The van der Waals surface area contributed by atoms with Gasteiger partial charge in [-0.1, -0.05) is 44.2 Å². The van der Waals surface area contributed by atoms with Gasteiger partial charge in [0.15, 0.2) is 0 Å². The first kappa shape index (κ1) is 28.6. The highest BCUT2D eigenvalue weighted by atomic mass is 16.2. The van der Waals surface area contributed by atoms with Crippen molar-refractivity contribution in [3.63, 3.8) is 0 Å². The van der Waals surface area contributed by atoms with Crippen LogP contribution >= 0.6 is 0 Å². The number of nitrogens with one attached hydrogen (secondary N) is 4. The summed E-state index contributed by atoms with van der Waals surface area (Å²) in [6, 6.07) is 7.85. The van der Waals surface area contributed by atoms with Crippen molar-refractivity contribution in [3.05, 3.63) is 35.9 Å². The van der Waals surface area contributed by atoms with Crippen LogP contribution in [0.2, 0.25) is 0 Å². The second kappa shape index (κ2) is 12.5. The molecule has 0 saturated carbocycles. The second-order valence-corrected chi connectivity index (χ2v) is 11.2. The number of carbonyl (C=O) groups excluding carboxylic acids is 4. The summed E-state index contributed by atoms with van der Waals surface area (Å²) in [6.45, 7) is 10.5. The monoisotopic (exact) mass is 513 g/mol. The molecule has 4 amide bonds. The predicted molar refractivity (Wildman–Crippen MR) is 142 cm³/mol. The highest BCUT2D eigenvalue weighted by Gasteiger charge is 2.41. The van der Waals surface area contributed by atoms with E-state index in [9.17, 15) is 19.2 Å². The highest BCUT2D eigenvalue weighted by molar-refractivity contribution is 5.97. The third-order valence-corrected chi connectivity index (χ3v) is 7.19. The quantitative estimate of drug-likeness (QED) is 0.382. The van der Waals surface area contributed by atoms with E-state index < -0.39 is 23.5 Å². The van der Waals surface area contributed by atoms with Crippen molar-refractivity contribution in [2.24, 2.45) is 5.92 Å². The molecule has 2 fully saturated rings. The number of nitrogens with zero attached hydrogens (tertiary/aromatic N) is 1. The molecular weight excluding hydrogens is 470 g/mol. The lowest BCUT2D eigenvalue weighted by Crippen LogP contribution is -2.62. The largest absolute Gasteiger partial charge is 0.348 e. The number of carbonyl (C=O) groups is 4. The summed E-state index contributed by atoms with van der Waals surface area (Å²) in [5.74, 6) is -0.923. The maximum absolute atomic E-state index is 13.3. The number of likely N-dealkylation sites (tertiary alicyclic amines) is 1. The van der Waals surface area contributed by atoms with Gasteiger partial charge in [0.05, 0.1) is 12.1 Å². The van der Waals surface area contributed by atoms with Crippen molar-refractivity contribution in [1.82, 2.24) is 26.2 Å². The summed E-state index contributed by atoms with van der Waals surface area (Å²) < 4.78 is 0. The topological polar surface area (TPSA) is 120 Å². The SMILES string of the molecule is CC(C)C[C@@H](NC(=O)C(C)(C)NC(=O)[C@@H]1CCCN1C(=O)[C@H]1CCCN1)C(=O)N[C@H](C)c1ccccc1. The fraction of sp³-hybridized carbons (Fsp3) is 0.643. The van der Waals surface area contributed by atoms with Gasteiger partial charge in [-0.25, -0.2) is 0 Å². The van der Waals surface area contributed by atoms with Crippen LogP contribution in [0, 0.1) is 5.92 Å². The molecule has 2 aliphatic heterocycles. The second-order valence-electron chi connectivity index (χ2n) is 11.2. The van der Waals surface area contributed by atoms with Gasteiger partial charge in [-0.15, -0.1) is 0 Å². The van der Waals surface area contributed by atoms with Gasteiger partial charge in [0.2, 0.25) is 23.6 Å². The maximum atomic E-state index is 13.3. The van der Waals surface area contributed by atoms with E-state index in [4.69, 9.17) is 0 Å². The highest BCUT2D eigenvalue weighted by Crippen LogP contribution is 2.22. The van der Waals surface area contributed by atoms with Crippen molar-refractivity contribution in [3.8, 4) is 0 Å². The van der Waals surface area contributed by atoms with Crippen molar-refractivity contribution >= 4 is 23.6 Å². The number of rotatable bonds is 10. The van der Waals surface area contributed by atoms with Crippen molar-refractivity contribution < 1.29 is 19.2 Å². The average molecular weight is 514 g/mol. The fourth-order valence-corrected chi connectivity index (χ4v) is 5.03. The molecule has 1 aromatic carbocycles. The van der Waals surface area contributed by atoms with E-state index in [2.05, 4.69) is 21.3 Å². The zero-order chi connectivity index (χ0) is 27.2. The zero-order valence-electron chi connectivity index (χ0n) is 22.8. The van der Waals surface area contributed by atoms with Gasteiger partial charge in [0, 0.05) is 6.54 Å². The molecule has 2 heterocycles. The molecule has 9 heteroatoms. The lowest BCUT2D eigenvalue weighted by molar-refractivity contribution is -0.142. The van der Waals surface area contributed by atoms with Crippen LogP contribution in [0.3, 0.4) is 0 Å². The summed E-state index contributed by atoms with van der Waals surface area (Å²) in [4.78, 5) is 54.2. The summed E-state index contributed by atoms with van der Waals surface area (Å²) in [6.07, 6.45) is 3.50. The van der Waals surface area contributed by atoms with Crippen LogP contribution < -0.4 is 21.3 Å². The Hall–Kier alpha value is -2.94. The van der Waals surface area contributed by atoms with Crippen LogP contribution in [0.5, 0.6) is 0 Å². The minimum atomic E-state index is -1.26. The van der Waals surface area contributed by atoms with Crippen LogP contribution in [0.15, 0.2) is 30.3 Å². The lowest BCUT2D eigenvalue weighted by Gasteiger charge is -2.32. The average Bonchev–Trinajstić information content (AvgIpc) is 3.55. The van der Waals surface area contributed by atoms with Crippen LogP contribution in [0.4, 0.5) is 0 Å². The van der Waals surface area contributed by atoms with Gasteiger partial charge in [-0.05, 0) is 70.9 Å². The standard InChI is InChI=1S/C28H43N5O4/c1-18(2)17-22(24(34)30-19(3)20-11-7-6-8-12-20)31-27(37)28(4,5)32-25(35)23-14-10-16-33(23)26(36)21-13-9-15-29-21/h6-8,11-12,18-19,21-23,29H,9-10,13-17H2,1-5H3,(H,30,34)(H,31,37)(H,32,35)/t19-,21-,22-,23+/m1/s1. The molecule has 0 bridgehead atoms. The van der Waals surface area contributed by atoms with Gasteiger partial charge < -0.3 is 26.2 Å². The fourth-order valence-electron chi connectivity index (χ4n) is 5.03. The normalized spacial score (nSPS) is 21.4. The summed E-state index contributed by atoms with van der Waals surface area (Å²) >= 11 is 0. The number of amides is 4. The van der Waals surface area contributed by atoms with E-state index >= 15 is 0 Å².